The molecule has 2 aliphatic rings. The van der Waals surface area contributed by atoms with Crippen molar-refractivity contribution in [1.82, 2.24) is 14.8 Å². The van der Waals surface area contributed by atoms with Gasteiger partial charge in [0.1, 0.15) is 17.6 Å². The zero-order valence-corrected chi connectivity index (χ0v) is 17.0. The molecular formula is C22H22N4O4. The number of ketones is 1. The molecule has 0 spiro atoms. The molecule has 0 unspecified atom stereocenters. The Labute approximate surface area is 173 Å². The highest BCUT2D eigenvalue weighted by Gasteiger charge is 2.40. The first-order chi connectivity index (χ1) is 14.6. The fraction of sp³-hybridized carbons (Fsp3) is 0.318. The Morgan fingerprint density at radius 1 is 1.17 bits per heavy atom. The van der Waals surface area contributed by atoms with Crippen molar-refractivity contribution in [1.29, 1.82) is 0 Å². The number of hydrogen-bond acceptors (Lipinski definition) is 7. The number of hydrogen-bond donors (Lipinski definition) is 1. The lowest BCUT2D eigenvalue weighted by Gasteiger charge is -2.34. The van der Waals surface area contributed by atoms with Crippen LogP contribution in [0.15, 0.2) is 52.3 Å². The summed E-state index contributed by atoms with van der Waals surface area (Å²) in [5.41, 5.74) is 2.47. The van der Waals surface area contributed by atoms with E-state index in [9.17, 15) is 4.79 Å². The summed E-state index contributed by atoms with van der Waals surface area (Å²) in [6.45, 7) is 1.84. The molecule has 154 valence electrons. The Morgan fingerprint density at radius 3 is 2.73 bits per heavy atom. The number of nitrogens with one attached hydrogen (secondary N) is 1. The summed E-state index contributed by atoms with van der Waals surface area (Å²) in [5.74, 6) is 3.39. The number of anilines is 1. The number of ether oxygens (including phenoxy) is 2. The fourth-order valence-corrected chi connectivity index (χ4v) is 4.37. The first kappa shape index (κ1) is 18.5. The van der Waals surface area contributed by atoms with Gasteiger partial charge < -0.3 is 19.2 Å². The summed E-state index contributed by atoms with van der Waals surface area (Å²) >= 11 is 0. The van der Waals surface area contributed by atoms with E-state index in [-0.39, 0.29) is 17.7 Å². The average molecular weight is 406 g/mol. The van der Waals surface area contributed by atoms with Crippen LogP contribution in [0.2, 0.25) is 0 Å². The maximum absolute atomic E-state index is 13.4. The molecule has 2 atom stereocenters. The summed E-state index contributed by atoms with van der Waals surface area (Å²) in [6.07, 6.45) is 2.70. The molecule has 2 aromatic heterocycles. The molecule has 0 saturated carbocycles. The Morgan fingerprint density at radius 2 is 2.00 bits per heavy atom. The van der Waals surface area contributed by atoms with Gasteiger partial charge in [0.15, 0.2) is 17.3 Å². The van der Waals surface area contributed by atoms with Crippen LogP contribution in [0, 0.1) is 6.92 Å². The van der Waals surface area contributed by atoms with Crippen LogP contribution in [0.4, 0.5) is 5.95 Å². The van der Waals surface area contributed by atoms with E-state index >= 15 is 0 Å². The molecule has 5 rings (SSSR count). The van der Waals surface area contributed by atoms with E-state index in [2.05, 4.69) is 15.4 Å². The molecule has 8 nitrogen and oxygen atoms in total. The van der Waals surface area contributed by atoms with Gasteiger partial charge in [-0.3, -0.25) is 4.79 Å². The van der Waals surface area contributed by atoms with E-state index in [1.54, 1.807) is 25.2 Å². The third-order valence-corrected chi connectivity index (χ3v) is 5.69. The van der Waals surface area contributed by atoms with E-state index in [1.807, 2.05) is 37.3 Å². The molecule has 0 fully saturated rings. The lowest BCUT2D eigenvalue weighted by molar-refractivity contribution is -0.117. The number of fused-ring (bicyclic) bond motifs is 1. The predicted octanol–water partition coefficient (Wildman–Crippen LogP) is 3.61. The molecule has 1 N–H and O–H groups in total. The molecule has 8 heteroatoms. The van der Waals surface area contributed by atoms with Gasteiger partial charge in [0, 0.05) is 23.6 Å². The quantitative estimate of drug-likeness (QED) is 0.708. The molecule has 0 radical (unpaired) electrons. The SMILES string of the molecule is COc1ccc([C@H]2C3=C(C[C@H](c4ccco4)CC3=O)Nc3nc(C)nn32)cc1OC. The molecule has 30 heavy (non-hydrogen) atoms. The van der Waals surface area contributed by atoms with Gasteiger partial charge in [-0.1, -0.05) is 6.07 Å². The smallest absolute Gasteiger partial charge is 0.226 e. The minimum atomic E-state index is -0.387. The van der Waals surface area contributed by atoms with Crippen molar-refractivity contribution in [3.05, 3.63) is 65.0 Å². The number of Topliss-reactive ketones (excluding diaryl/α,β-unsaturated/α-hetero) is 1. The van der Waals surface area contributed by atoms with Crippen LogP contribution in [0.3, 0.4) is 0 Å². The van der Waals surface area contributed by atoms with Gasteiger partial charge in [0.05, 0.1) is 20.5 Å². The number of aromatic nitrogens is 3. The molecule has 0 amide bonds. The molecule has 3 heterocycles. The van der Waals surface area contributed by atoms with Crippen molar-refractivity contribution >= 4 is 11.7 Å². The van der Waals surface area contributed by atoms with Crippen LogP contribution < -0.4 is 14.8 Å². The van der Waals surface area contributed by atoms with Gasteiger partial charge in [-0.25, -0.2) is 4.68 Å². The third-order valence-electron chi connectivity index (χ3n) is 5.69. The molecule has 0 bridgehead atoms. The van der Waals surface area contributed by atoms with Crippen LogP contribution in [0.5, 0.6) is 11.5 Å². The minimum Gasteiger partial charge on any atom is -0.493 e. The second-order valence-corrected chi connectivity index (χ2v) is 7.51. The number of benzene rings is 1. The van der Waals surface area contributed by atoms with Crippen molar-refractivity contribution in [2.75, 3.05) is 19.5 Å². The Kier molecular flexibility index (Phi) is 4.34. The zero-order valence-electron chi connectivity index (χ0n) is 17.0. The van der Waals surface area contributed by atoms with Gasteiger partial charge in [0.25, 0.3) is 0 Å². The third kappa shape index (κ3) is 2.87. The largest absolute Gasteiger partial charge is 0.493 e. The van der Waals surface area contributed by atoms with E-state index in [4.69, 9.17) is 13.9 Å². The van der Waals surface area contributed by atoms with Crippen molar-refractivity contribution < 1.29 is 18.7 Å². The molecule has 1 aliphatic heterocycles. The number of aryl methyl sites for hydroxylation is 1. The number of methoxy groups -OCH3 is 2. The van der Waals surface area contributed by atoms with Crippen LogP contribution in [0.25, 0.3) is 0 Å². The highest BCUT2D eigenvalue weighted by molar-refractivity contribution is 6.00. The fourth-order valence-electron chi connectivity index (χ4n) is 4.37. The van der Waals surface area contributed by atoms with Crippen molar-refractivity contribution in [3.8, 4) is 11.5 Å². The second-order valence-electron chi connectivity index (χ2n) is 7.51. The number of nitrogens with zero attached hydrogens (tertiary/aromatic N) is 3. The van der Waals surface area contributed by atoms with Gasteiger partial charge in [-0.05, 0) is 43.2 Å². The first-order valence-corrected chi connectivity index (χ1v) is 9.80. The van der Waals surface area contributed by atoms with Crippen molar-refractivity contribution in [2.24, 2.45) is 0 Å². The lowest BCUT2D eigenvalue weighted by Crippen LogP contribution is -2.33. The maximum Gasteiger partial charge on any atom is 0.226 e. The van der Waals surface area contributed by atoms with Gasteiger partial charge >= 0.3 is 0 Å². The van der Waals surface area contributed by atoms with E-state index in [0.29, 0.717) is 41.7 Å². The minimum absolute atomic E-state index is 0.000344. The Bertz CT molecular complexity index is 1150. The zero-order chi connectivity index (χ0) is 20.8. The average Bonchev–Trinajstić information content (AvgIpc) is 3.40. The van der Waals surface area contributed by atoms with Crippen LogP contribution >= 0.6 is 0 Å². The lowest BCUT2D eigenvalue weighted by atomic mass is 9.79. The number of rotatable bonds is 4. The van der Waals surface area contributed by atoms with E-state index in [0.717, 1.165) is 17.0 Å². The standard InChI is InChI=1S/C22H22N4O4/c1-12-23-22-24-15-9-14(17-5-4-8-30-17)10-16(27)20(15)21(26(22)25-12)13-6-7-18(28-2)19(11-13)29-3/h4-8,11,14,21H,9-10H2,1-3H3,(H,23,24,25)/t14-,21-/m0/s1. The first-order valence-electron chi connectivity index (χ1n) is 9.80. The number of carbonyl (C=O) groups is 1. The highest BCUT2D eigenvalue weighted by Crippen LogP contribution is 2.45. The number of allylic oxidation sites excluding steroid dienone is 2. The van der Waals surface area contributed by atoms with Crippen molar-refractivity contribution in [3.63, 3.8) is 0 Å². The summed E-state index contributed by atoms with van der Waals surface area (Å²) in [5, 5.41) is 7.91. The highest BCUT2D eigenvalue weighted by atomic mass is 16.5. The maximum atomic E-state index is 13.4. The van der Waals surface area contributed by atoms with Gasteiger partial charge in [-0.2, -0.15) is 10.1 Å². The Hall–Kier alpha value is -3.55. The predicted molar refractivity (Wildman–Crippen MR) is 109 cm³/mol. The van der Waals surface area contributed by atoms with Crippen LogP contribution in [-0.2, 0) is 4.79 Å². The van der Waals surface area contributed by atoms with Crippen molar-refractivity contribution in [2.45, 2.75) is 31.7 Å². The topological polar surface area (TPSA) is 91.4 Å². The molecule has 0 saturated heterocycles. The molecule has 1 aliphatic carbocycles. The number of carbonyl (C=O) groups excluding carboxylic acids is 1. The summed E-state index contributed by atoms with van der Waals surface area (Å²) in [6, 6.07) is 9.07. The Balaban J connectivity index is 1.64. The van der Waals surface area contributed by atoms with E-state index < -0.39 is 0 Å². The van der Waals surface area contributed by atoms with Gasteiger partial charge in [0.2, 0.25) is 5.95 Å². The summed E-state index contributed by atoms with van der Waals surface area (Å²) < 4.78 is 18.2. The summed E-state index contributed by atoms with van der Waals surface area (Å²) in [4.78, 5) is 17.9. The molecule has 3 aromatic rings. The monoisotopic (exact) mass is 406 g/mol. The molecule has 1 aromatic carbocycles. The van der Waals surface area contributed by atoms with Gasteiger partial charge in [-0.15, -0.1) is 0 Å². The van der Waals surface area contributed by atoms with Crippen LogP contribution in [-0.4, -0.2) is 34.8 Å². The van der Waals surface area contributed by atoms with E-state index in [1.165, 1.54) is 0 Å². The summed E-state index contributed by atoms with van der Waals surface area (Å²) in [7, 11) is 3.19. The number of furan rings is 1. The second kappa shape index (κ2) is 7.05. The van der Waals surface area contributed by atoms with Crippen LogP contribution in [0.1, 0.15) is 41.9 Å². The molecular weight excluding hydrogens is 384 g/mol. The normalized spacial score (nSPS) is 20.4.